The zero-order valence-corrected chi connectivity index (χ0v) is 11.9. The Bertz CT molecular complexity index is 469. The first-order valence-corrected chi connectivity index (χ1v) is 6.77. The highest BCUT2D eigenvalue weighted by Gasteiger charge is 2.22. The van der Waals surface area contributed by atoms with Gasteiger partial charge in [-0.25, -0.2) is 0 Å². The van der Waals surface area contributed by atoms with Crippen LogP contribution in [-0.2, 0) is 11.3 Å². The number of hydrogen-bond donors (Lipinski definition) is 1. The third-order valence-corrected chi connectivity index (χ3v) is 3.56. The maximum atomic E-state index is 11.0. The summed E-state index contributed by atoms with van der Waals surface area (Å²) in [6.07, 6.45) is -0.205. The van der Waals surface area contributed by atoms with Crippen LogP contribution >= 0.6 is 15.9 Å². The molecule has 104 valence electrons. The van der Waals surface area contributed by atoms with E-state index in [9.17, 15) is 10.1 Å². The first-order valence-electron chi connectivity index (χ1n) is 5.98. The molecule has 1 saturated heterocycles. The topological polar surface area (TPSA) is 75.8 Å². The van der Waals surface area contributed by atoms with Crippen molar-refractivity contribution in [2.45, 2.75) is 12.6 Å². The van der Waals surface area contributed by atoms with Crippen LogP contribution in [0.3, 0.4) is 0 Å². The smallest absolute Gasteiger partial charge is 0.275 e. The van der Waals surface area contributed by atoms with Crippen molar-refractivity contribution < 1.29 is 14.8 Å². The molecule has 1 aromatic rings. The molecule has 1 aromatic carbocycles. The fourth-order valence-corrected chi connectivity index (χ4v) is 2.47. The number of ether oxygens (including phenoxy) is 1. The van der Waals surface area contributed by atoms with Gasteiger partial charge >= 0.3 is 0 Å². The van der Waals surface area contributed by atoms with E-state index in [1.54, 1.807) is 12.1 Å². The second-order valence-electron chi connectivity index (χ2n) is 4.44. The number of rotatable bonds is 4. The van der Waals surface area contributed by atoms with Crippen LogP contribution in [0.1, 0.15) is 5.56 Å². The maximum Gasteiger partial charge on any atom is 0.275 e. The number of benzene rings is 1. The van der Waals surface area contributed by atoms with Gasteiger partial charge in [-0.3, -0.25) is 15.0 Å². The molecule has 1 aliphatic heterocycles. The van der Waals surface area contributed by atoms with Crippen molar-refractivity contribution in [2.75, 3.05) is 26.3 Å². The molecule has 1 heterocycles. The molecule has 0 saturated carbocycles. The molecule has 0 aliphatic carbocycles. The maximum absolute atomic E-state index is 11.0. The Morgan fingerprint density at radius 1 is 1.58 bits per heavy atom. The Morgan fingerprint density at radius 2 is 2.37 bits per heavy atom. The molecule has 1 atom stereocenters. The van der Waals surface area contributed by atoms with Crippen LogP contribution in [0, 0.1) is 10.1 Å². The molecule has 1 N–H and O–H groups in total. The SMILES string of the molecule is O=[N+]([O-])c1cc(Br)ccc1CN1CCOC(CO)C1. The lowest BCUT2D eigenvalue weighted by atomic mass is 10.1. The molecule has 6 nitrogen and oxygen atoms in total. The van der Waals surface area contributed by atoms with Crippen molar-refractivity contribution in [1.29, 1.82) is 0 Å². The van der Waals surface area contributed by atoms with Crippen molar-refractivity contribution in [3.8, 4) is 0 Å². The van der Waals surface area contributed by atoms with Gasteiger partial charge in [0.15, 0.2) is 0 Å². The van der Waals surface area contributed by atoms with Gasteiger partial charge in [0.25, 0.3) is 5.69 Å². The summed E-state index contributed by atoms with van der Waals surface area (Å²) in [6.45, 7) is 2.30. The van der Waals surface area contributed by atoms with Gasteiger partial charge in [0.1, 0.15) is 0 Å². The predicted octanol–water partition coefficient (Wildman–Crippen LogP) is 1.55. The van der Waals surface area contributed by atoms with E-state index in [1.165, 1.54) is 6.07 Å². The summed E-state index contributed by atoms with van der Waals surface area (Å²) in [5.41, 5.74) is 0.785. The molecule has 0 spiro atoms. The van der Waals surface area contributed by atoms with E-state index in [2.05, 4.69) is 20.8 Å². The number of nitrogens with zero attached hydrogens (tertiary/aromatic N) is 2. The minimum Gasteiger partial charge on any atom is -0.394 e. The number of nitro benzene ring substituents is 1. The number of aliphatic hydroxyl groups is 1. The van der Waals surface area contributed by atoms with Crippen LogP contribution in [0.15, 0.2) is 22.7 Å². The minimum absolute atomic E-state index is 0.0288. The number of halogens is 1. The Morgan fingerprint density at radius 3 is 3.05 bits per heavy atom. The zero-order chi connectivity index (χ0) is 13.8. The Balaban J connectivity index is 2.12. The lowest BCUT2D eigenvalue weighted by Crippen LogP contribution is -2.43. The van der Waals surface area contributed by atoms with Gasteiger partial charge in [0, 0.05) is 35.7 Å². The molecule has 0 aromatic heterocycles. The first-order chi connectivity index (χ1) is 9.10. The van der Waals surface area contributed by atoms with E-state index >= 15 is 0 Å². The molecule has 0 amide bonds. The van der Waals surface area contributed by atoms with E-state index in [0.29, 0.717) is 36.3 Å². The van der Waals surface area contributed by atoms with Crippen molar-refractivity contribution in [2.24, 2.45) is 0 Å². The van der Waals surface area contributed by atoms with E-state index < -0.39 is 0 Å². The highest BCUT2D eigenvalue weighted by atomic mass is 79.9. The van der Waals surface area contributed by atoms with Gasteiger partial charge in [-0.15, -0.1) is 0 Å². The molecule has 0 bridgehead atoms. The monoisotopic (exact) mass is 330 g/mol. The van der Waals surface area contributed by atoms with Crippen molar-refractivity contribution in [3.63, 3.8) is 0 Å². The summed E-state index contributed by atoms with van der Waals surface area (Å²) in [4.78, 5) is 12.7. The predicted molar refractivity (Wildman–Crippen MR) is 72.9 cm³/mol. The Kier molecular flexibility index (Phi) is 4.87. The fourth-order valence-electron chi connectivity index (χ4n) is 2.12. The summed E-state index contributed by atoms with van der Waals surface area (Å²) in [6, 6.07) is 5.07. The normalized spacial score (nSPS) is 20.4. The highest BCUT2D eigenvalue weighted by Crippen LogP contribution is 2.25. The quantitative estimate of drug-likeness (QED) is 0.669. The van der Waals surface area contributed by atoms with Gasteiger partial charge in [0.2, 0.25) is 0 Å². The van der Waals surface area contributed by atoms with Gasteiger partial charge < -0.3 is 9.84 Å². The van der Waals surface area contributed by atoms with Crippen LogP contribution in [0.5, 0.6) is 0 Å². The van der Waals surface area contributed by atoms with Gasteiger partial charge in [-0.2, -0.15) is 0 Å². The number of morpholine rings is 1. The highest BCUT2D eigenvalue weighted by molar-refractivity contribution is 9.10. The average molecular weight is 331 g/mol. The first kappa shape index (κ1) is 14.4. The number of hydrogen-bond acceptors (Lipinski definition) is 5. The van der Waals surface area contributed by atoms with Crippen LogP contribution in [0.25, 0.3) is 0 Å². The molecule has 0 radical (unpaired) electrons. The summed E-state index contributed by atoms with van der Waals surface area (Å²) >= 11 is 3.24. The summed E-state index contributed by atoms with van der Waals surface area (Å²) in [5, 5.41) is 20.1. The van der Waals surface area contributed by atoms with Gasteiger partial charge in [0.05, 0.1) is 24.2 Å². The standard InChI is InChI=1S/C12H15BrN2O4/c13-10-2-1-9(12(5-10)15(17)18)6-14-3-4-19-11(7-14)8-16/h1-2,5,11,16H,3-4,6-8H2. The summed E-state index contributed by atoms with van der Waals surface area (Å²) in [5.74, 6) is 0. The van der Waals surface area contributed by atoms with E-state index in [0.717, 1.165) is 0 Å². The average Bonchev–Trinajstić information content (AvgIpc) is 2.41. The van der Waals surface area contributed by atoms with Crippen LogP contribution in [0.2, 0.25) is 0 Å². The second-order valence-corrected chi connectivity index (χ2v) is 5.36. The van der Waals surface area contributed by atoms with Crippen LogP contribution in [-0.4, -0.2) is 47.3 Å². The lowest BCUT2D eigenvalue weighted by molar-refractivity contribution is -0.385. The Labute approximate surface area is 119 Å². The van der Waals surface area contributed by atoms with E-state index in [-0.39, 0.29) is 23.3 Å². The fraction of sp³-hybridized carbons (Fsp3) is 0.500. The molecular formula is C12H15BrN2O4. The summed E-state index contributed by atoms with van der Waals surface area (Å²) < 4.78 is 6.05. The number of nitro groups is 1. The molecule has 2 rings (SSSR count). The van der Waals surface area contributed by atoms with E-state index in [4.69, 9.17) is 9.84 Å². The lowest BCUT2D eigenvalue weighted by Gasteiger charge is -2.31. The van der Waals surface area contributed by atoms with Crippen LogP contribution < -0.4 is 0 Å². The number of aliphatic hydroxyl groups excluding tert-OH is 1. The Hall–Kier alpha value is -1.02. The zero-order valence-electron chi connectivity index (χ0n) is 10.3. The minimum atomic E-state index is -0.371. The third kappa shape index (κ3) is 3.73. The van der Waals surface area contributed by atoms with Crippen molar-refractivity contribution in [3.05, 3.63) is 38.3 Å². The molecular weight excluding hydrogens is 316 g/mol. The molecule has 1 aliphatic rings. The largest absolute Gasteiger partial charge is 0.394 e. The molecule has 1 unspecified atom stereocenters. The molecule has 19 heavy (non-hydrogen) atoms. The third-order valence-electron chi connectivity index (χ3n) is 3.06. The van der Waals surface area contributed by atoms with Gasteiger partial charge in [-0.05, 0) is 12.1 Å². The molecule has 1 fully saturated rings. The molecule has 7 heteroatoms. The van der Waals surface area contributed by atoms with E-state index in [1.807, 2.05) is 0 Å². The summed E-state index contributed by atoms with van der Waals surface area (Å²) in [7, 11) is 0. The van der Waals surface area contributed by atoms with Crippen molar-refractivity contribution >= 4 is 21.6 Å². The van der Waals surface area contributed by atoms with Crippen LogP contribution in [0.4, 0.5) is 5.69 Å². The van der Waals surface area contributed by atoms with Crippen molar-refractivity contribution in [1.82, 2.24) is 4.90 Å². The van der Waals surface area contributed by atoms with Gasteiger partial charge in [-0.1, -0.05) is 15.9 Å². The second kappa shape index (κ2) is 6.42.